The van der Waals surface area contributed by atoms with Crippen molar-refractivity contribution < 1.29 is 13.9 Å². The molecular weight excluding hydrogens is 269 g/mol. The molecule has 3 nitrogen and oxygen atoms in total. The van der Waals surface area contributed by atoms with Gasteiger partial charge in [-0.25, -0.2) is 4.39 Å². The van der Waals surface area contributed by atoms with E-state index in [-0.39, 0.29) is 18.3 Å². The smallest absolute Gasteiger partial charge is 0.260 e. The van der Waals surface area contributed by atoms with Crippen LogP contribution in [-0.2, 0) is 17.8 Å². The molecule has 0 radical (unpaired) electrons. The molecule has 0 saturated carbocycles. The van der Waals surface area contributed by atoms with Crippen LogP contribution in [0.2, 0.25) is 0 Å². The lowest BCUT2D eigenvalue weighted by Gasteiger charge is -2.28. The lowest BCUT2D eigenvalue weighted by Crippen LogP contribution is -2.38. The van der Waals surface area contributed by atoms with E-state index < -0.39 is 0 Å². The molecule has 108 valence electrons. The SMILES string of the molecule is O=C(COc1cccc(F)c1)N1CCc2ccccc2C1. The summed E-state index contributed by atoms with van der Waals surface area (Å²) in [6, 6.07) is 14.0. The minimum absolute atomic E-state index is 0.0639. The molecular formula is C17H16FNO2. The third-order valence-electron chi connectivity index (χ3n) is 3.64. The van der Waals surface area contributed by atoms with E-state index in [1.54, 1.807) is 17.0 Å². The Morgan fingerprint density at radius 2 is 1.95 bits per heavy atom. The van der Waals surface area contributed by atoms with Crippen molar-refractivity contribution in [3.05, 3.63) is 65.5 Å². The van der Waals surface area contributed by atoms with Gasteiger partial charge in [-0.15, -0.1) is 0 Å². The van der Waals surface area contributed by atoms with Gasteiger partial charge in [0.25, 0.3) is 5.91 Å². The van der Waals surface area contributed by atoms with Crippen molar-refractivity contribution in [2.24, 2.45) is 0 Å². The highest BCUT2D eigenvalue weighted by molar-refractivity contribution is 5.78. The van der Waals surface area contributed by atoms with E-state index in [0.717, 1.165) is 6.42 Å². The van der Waals surface area contributed by atoms with E-state index in [0.29, 0.717) is 18.8 Å². The number of rotatable bonds is 3. The standard InChI is InChI=1S/C17H16FNO2/c18-15-6-3-7-16(10-15)21-12-17(20)19-9-8-13-4-1-2-5-14(13)11-19/h1-7,10H,8-9,11-12H2. The fraction of sp³-hybridized carbons (Fsp3) is 0.235. The molecule has 0 bridgehead atoms. The number of nitrogens with zero attached hydrogens (tertiary/aromatic N) is 1. The number of carbonyl (C=O) groups excluding carboxylic acids is 1. The molecule has 0 N–H and O–H groups in total. The highest BCUT2D eigenvalue weighted by Gasteiger charge is 2.20. The molecule has 2 aromatic rings. The number of carbonyl (C=O) groups is 1. The Bertz CT molecular complexity index is 657. The molecule has 0 spiro atoms. The summed E-state index contributed by atoms with van der Waals surface area (Å²) in [6.45, 7) is 1.25. The first-order valence-corrected chi connectivity index (χ1v) is 6.95. The van der Waals surface area contributed by atoms with Crippen molar-refractivity contribution in [2.45, 2.75) is 13.0 Å². The Kier molecular flexibility index (Phi) is 3.86. The van der Waals surface area contributed by atoms with E-state index >= 15 is 0 Å². The van der Waals surface area contributed by atoms with Crippen LogP contribution in [0, 0.1) is 5.82 Å². The number of amides is 1. The lowest BCUT2D eigenvalue weighted by molar-refractivity contribution is -0.134. The summed E-state index contributed by atoms with van der Waals surface area (Å²) in [5, 5.41) is 0. The Morgan fingerprint density at radius 3 is 2.76 bits per heavy atom. The molecule has 1 amide bonds. The highest BCUT2D eigenvalue weighted by atomic mass is 19.1. The van der Waals surface area contributed by atoms with Gasteiger partial charge in [0, 0.05) is 19.2 Å². The van der Waals surface area contributed by atoms with Crippen molar-refractivity contribution in [3.63, 3.8) is 0 Å². The van der Waals surface area contributed by atoms with Gasteiger partial charge >= 0.3 is 0 Å². The molecule has 0 saturated heterocycles. The van der Waals surface area contributed by atoms with Gasteiger partial charge in [-0.1, -0.05) is 30.3 Å². The molecule has 3 rings (SSSR count). The predicted molar refractivity (Wildman–Crippen MR) is 77.5 cm³/mol. The van der Waals surface area contributed by atoms with Gasteiger partial charge < -0.3 is 9.64 Å². The van der Waals surface area contributed by atoms with Crippen LogP contribution in [0.5, 0.6) is 5.75 Å². The number of hydrogen-bond donors (Lipinski definition) is 0. The van der Waals surface area contributed by atoms with Crippen LogP contribution in [-0.4, -0.2) is 24.0 Å². The van der Waals surface area contributed by atoms with E-state index in [1.807, 2.05) is 18.2 Å². The summed E-state index contributed by atoms with van der Waals surface area (Å²) in [6.07, 6.45) is 0.863. The van der Waals surface area contributed by atoms with Gasteiger partial charge in [-0.3, -0.25) is 4.79 Å². The van der Waals surface area contributed by atoms with E-state index in [4.69, 9.17) is 4.74 Å². The molecule has 0 aliphatic carbocycles. The zero-order valence-electron chi connectivity index (χ0n) is 11.6. The molecule has 4 heteroatoms. The molecule has 1 aliphatic rings. The van der Waals surface area contributed by atoms with Crippen LogP contribution >= 0.6 is 0 Å². The second-order valence-corrected chi connectivity index (χ2v) is 5.08. The predicted octanol–water partition coefficient (Wildman–Crippen LogP) is 2.79. The van der Waals surface area contributed by atoms with Crippen molar-refractivity contribution in [3.8, 4) is 5.75 Å². The maximum absolute atomic E-state index is 13.0. The fourth-order valence-electron chi connectivity index (χ4n) is 2.50. The molecule has 1 aliphatic heterocycles. The van der Waals surface area contributed by atoms with Gasteiger partial charge in [0.1, 0.15) is 11.6 Å². The number of hydrogen-bond acceptors (Lipinski definition) is 2. The minimum Gasteiger partial charge on any atom is -0.484 e. The first-order chi connectivity index (χ1) is 10.2. The van der Waals surface area contributed by atoms with Crippen LogP contribution in [0.25, 0.3) is 0 Å². The maximum Gasteiger partial charge on any atom is 0.260 e. The van der Waals surface area contributed by atoms with Gasteiger partial charge in [-0.05, 0) is 29.7 Å². The largest absolute Gasteiger partial charge is 0.484 e. The Labute approximate surface area is 123 Å². The Hall–Kier alpha value is -2.36. The molecule has 0 atom stereocenters. The summed E-state index contributed by atoms with van der Waals surface area (Å²) >= 11 is 0. The maximum atomic E-state index is 13.0. The van der Waals surface area contributed by atoms with Gasteiger partial charge in [0.05, 0.1) is 0 Å². The monoisotopic (exact) mass is 285 g/mol. The number of fused-ring (bicyclic) bond motifs is 1. The van der Waals surface area contributed by atoms with Crippen molar-refractivity contribution in [2.75, 3.05) is 13.2 Å². The summed E-state index contributed by atoms with van der Waals surface area (Å²) in [5.41, 5.74) is 2.48. The van der Waals surface area contributed by atoms with E-state index in [1.165, 1.54) is 23.3 Å². The molecule has 1 heterocycles. The highest BCUT2D eigenvalue weighted by Crippen LogP contribution is 2.19. The van der Waals surface area contributed by atoms with Crippen molar-refractivity contribution >= 4 is 5.91 Å². The first-order valence-electron chi connectivity index (χ1n) is 6.95. The van der Waals surface area contributed by atoms with Crippen LogP contribution in [0.3, 0.4) is 0 Å². The van der Waals surface area contributed by atoms with Crippen molar-refractivity contribution in [1.82, 2.24) is 4.90 Å². The lowest BCUT2D eigenvalue weighted by atomic mass is 10.00. The van der Waals surface area contributed by atoms with Crippen LogP contribution in [0.15, 0.2) is 48.5 Å². The average molecular weight is 285 g/mol. The zero-order chi connectivity index (χ0) is 14.7. The van der Waals surface area contributed by atoms with Crippen molar-refractivity contribution in [1.29, 1.82) is 0 Å². The Balaban J connectivity index is 1.59. The van der Waals surface area contributed by atoms with E-state index in [2.05, 4.69) is 6.07 Å². The first kappa shape index (κ1) is 13.6. The Morgan fingerprint density at radius 1 is 1.14 bits per heavy atom. The second-order valence-electron chi connectivity index (χ2n) is 5.08. The molecule has 21 heavy (non-hydrogen) atoms. The topological polar surface area (TPSA) is 29.5 Å². The molecule has 0 unspecified atom stereocenters. The summed E-state index contributed by atoms with van der Waals surface area (Å²) in [4.78, 5) is 14.0. The summed E-state index contributed by atoms with van der Waals surface area (Å²) < 4.78 is 18.4. The van der Waals surface area contributed by atoms with Gasteiger partial charge in [-0.2, -0.15) is 0 Å². The van der Waals surface area contributed by atoms with E-state index in [9.17, 15) is 9.18 Å². The van der Waals surface area contributed by atoms with Gasteiger partial charge in [0.2, 0.25) is 0 Å². The summed E-state index contributed by atoms with van der Waals surface area (Å²) in [7, 11) is 0. The second kappa shape index (κ2) is 5.95. The third kappa shape index (κ3) is 3.21. The molecule has 0 fully saturated rings. The number of benzene rings is 2. The molecule has 2 aromatic carbocycles. The van der Waals surface area contributed by atoms with Crippen LogP contribution in [0.4, 0.5) is 4.39 Å². The normalized spacial score (nSPS) is 13.7. The van der Waals surface area contributed by atoms with Crippen LogP contribution in [0.1, 0.15) is 11.1 Å². The fourth-order valence-corrected chi connectivity index (χ4v) is 2.50. The van der Waals surface area contributed by atoms with Crippen LogP contribution < -0.4 is 4.74 Å². The number of halogens is 1. The molecule has 0 aromatic heterocycles. The van der Waals surface area contributed by atoms with Gasteiger partial charge in [0.15, 0.2) is 6.61 Å². The average Bonchev–Trinajstić information content (AvgIpc) is 2.52. The summed E-state index contributed by atoms with van der Waals surface area (Å²) in [5.74, 6) is -0.0682. The minimum atomic E-state index is -0.369. The zero-order valence-corrected chi connectivity index (χ0v) is 11.6. The quantitative estimate of drug-likeness (QED) is 0.868. The number of ether oxygens (including phenoxy) is 1. The third-order valence-corrected chi connectivity index (χ3v) is 3.64.